The summed E-state index contributed by atoms with van der Waals surface area (Å²) >= 11 is 6.02. The molecule has 2 aromatic rings. The molecule has 0 aromatic carbocycles. The van der Waals surface area contributed by atoms with Gasteiger partial charge in [0.1, 0.15) is 11.7 Å². The lowest BCUT2D eigenvalue weighted by Gasteiger charge is -2.21. The van der Waals surface area contributed by atoms with Gasteiger partial charge in [0.15, 0.2) is 12.0 Å². The molecule has 0 aliphatic carbocycles. The number of carbonyl (C=O) groups excluding carboxylic acids is 2. The van der Waals surface area contributed by atoms with Crippen LogP contribution in [0.3, 0.4) is 0 Å². The zero-order chi connectivity index (χ0) is 26.2. The predicted octanol–water partition coefficient (Wildman–Crippen LogP) is 1.24. The van der Waals surface area contributed by atoms with Crippen molar-refractivity contribution in [2.24, 2.45) is 0 Å². The number of anilines is 1. The van der Waals surface area contributed by atoms with Crippen molar-refractivity contribution >= 4 is 29.4 Å². The molecule has 192 valence electrons. The van der Waals surface area contributed by atoms with Crippen LogP contribution in [0.4, 0.5) is 19.4 Å². The van der Waals surface area contributed by atoms with Crippen LogP contribution < -0.4 is 20.9 Å². The fourth-order valence-corrected chi connectivity index (χ4v) is 3.26. The van der Waals surface area contributed by atoms with Crippen molar-refractivity contribution in [3.63, 3.8) is 0 Å². The van der Waals surface area contributed by atoms with Gasteiger partial charge in [-0.25, -0.2) is 9.78 Å². The molecule has 0 saturated heterocycles. The first-order valence-corrected chi connectivity index (χ1v) is 11.1. The Hall–Kier alpha value is -3.32. The molecule has 0 aliphatic heterocycles. The van der Waals surface area contributed by atoms with Gasteiger partial charge in [-0.1, -0.05) is 11.6 Å². The molecule has 0 bridgehead atoms. The van der Waals surface area contributed by atoms with E-state index in [1.165, 1.54) is 12.1 Å². The standard InChI is InChI=1S/C21H28ClF2N7O4/c1-4-29(20(34)25-9-7-10-28(2)3)17(32)13-30-16(22)12-26-18(19(30)33)27-14-21(23,24)15-8-5-6-11-31(15)35/h5-6,8,11-12H,4,7,9-10,13-14H2,1-3H3,(H,25,34)(H,26,27). The second kappa shape index (κ2) is 12.4. The summed E-state index contributed by atoms with van der Waals surface area (Å²) in [6, 6.07) is 2.93. The molecule has 0 saturated carbocycles. The lowest BCUT2D eigenvalue weighted by atomic mass is 10.2. The summed E-state index contributed by atoms with van der Waals surface area (Å²) < 4.78 is 29.8. The Bertz CT molecular complexity index is 1100. The number of hydrogen-bond acceptors (Lipinski definition) is 7. The fraction of sp³-hybridized carbons (Fsp3) is 0.476. The largest absolute Gasteiger partial charge is 0.618 e. The Kier molecular flexibility index (Phi) is 9.89. The molecule has 0 atom stereocenters. The number of pyridine rings is 1. The minimum atomic E-state index is -3.62. The summed E-state index contributed by atoms with van der Waals surface area (Å²) in [7, 11) is 3.79. The topological polar surface area (TPSA) is 127 Å². The van der Waals surface area contributed by atoms with Crippen LogP contribution in [0.25, 0.3) is 0 Å². The van der Waals surface area contributed by atoms with Gasteiger partial charge in [0, 0.05) is 25.2 Å². The highest BCUT2D eigenvalue weighted by Gasteiger charge is 2.39. The van der Waals surface area contributed by atoms with Crippen molar-refractivity contribution in [3.8, 4) is 0 Å². The van der Waals surface area contributed by atoms with E-state index in [1.807, 2.05) is 19.0 Å². The number of amides is 3. The van der Waals surface area contributed by atoms with E-state index in [0.717, 1.165) is 34.5 Å². The number of nitrogens with one attached hydrogen (secondary N) is 2. The van der Waals surface area contributed by atoms with E-state index < -0.39 is 48.0 Å². The smallest absolute Gasteiger partial charge is 0.347 e. The number of carbonyl (C=O) groups is 2. The summed E-state index contributed by atoms with van der Waals surface area (Å²) in [5.41, 5.74) is -1.75. The summed E-state index contributed by atoms with van der Waals surface area (Å²) in [4.78, 5) is 44.5. The molecule has 2 N–H and O–H groups in total. The maximum atomic E-state index is 14.5. The average molecular weight is 516 g/mol. The summed E-state index contributed by atoms with van der Waals surface area (Å²) in [5, 5.41) is 16.3. The van der Waals surface area contributed by atoms with E-state index in [-0.39, 0.29) is 16.4 Å². The van der Waals surface area contributed by atoms with E-state index in [0.29, 0.717) is 13.0 Å². The molecule has 11 nitrogen and oxygen atoms in total. The van der Waals surface area contributed by atoms with Crippen LogP contribution in [-0.4, -0.2) is 71.6 Å². The molecule has 0 radical (unpaired) electrons. The number of rotatable bonds is 11. The number of likely N-dealkylation sites (N-methyl/N-ethyl adjacent to an activating group) is 1. The highest BCUT2D eigenvalue weighted by atomic mass is 35.5. The molecule has 0 unspecified atom stereocenters. The number of nitrogens with zero attached hydrogens (tertiary/aromatic N) is 5. The van der Waals surface area contributed by atoms with E-state index in [1.54, 1.807) is 6.92 Å². The summed E-state index contributed by atoms with van der Waals surface area (Å²) in [6.07, 6.45) is 2.62. The molecule has 35 heavy (non-hydrogen) atoms. The van der Waals surface area contributed by atoms with Gasteiger partial charge in [-0.15, -0.1) is 0 Å². The number of hydrogen-bond donors (Lipinski definition) is 2. The summed E-state index contributed by atoms with van der Waals surface area (Å²) in [5.74, 6) is -4.84. The monoisotopic (exact) mass is 515 g/mol. The number of imide groups is 1. The van der Waals surface area contributed by atoms with Gasteiger partial charge < -0.3 is 20.7 Å². The third-order valence-electron chi connectivity index (χ3n) is 4.90. The Morgan fingerprint density at radius 2 is 2.03 bits per heavy atom. The van der Waals surface area contributed by atoms with Crippen LogP contribution in [0, 0.1) is 5.21 Å². The van der Waals surface area contributed by atoms with Crippen molar-refractivity contribution < 1.29 is 23.1 Å². The summed E-state index contributed by atoms with van der Waals surface area (Å²) in [6.45, 7) is 1.02. The number of halogens is 3. The lowest BCUT2D eigenvalue weighted by Crippen LogP contribution is -2.46. The molecule has 14 heteroatoms. The fourth-order valence-electron chi connectivity index (χ4n) is 3.07. The minimum Gasteiger partial charge on any atom is -0.618 e. The van der Waals surface area contributed by atoms with Crippen molar-refractivity contribution in [1.29, 1.82) is 0 Å². The third-order valence-corrected chi connectivity index (χ3v) is 5.20. The maximum absolute atomic E-state index is 14.5. The van der Waals surface area contributed by atoms with E-state index in [2.05, 4.69) is 15.6 Å². The normalized spacial score (nSPS) is 11.4. The van der Waals surface area contributed by atoms with Crippen LogP contribution in [0.5, 0.6) is 0 Å². The van der Waals surface area contributed by atoms with E-state index >= 15 is 0 Å². The molecular formula is C21H28ClF2N7O4. The van der Waals surface area contributed by atoms with Gasteiger partial charge in [0.25, 0.3) is 17.2 Å². The predicted molar refractivity (Wildman–Crippen MR) is 125 cm³/mol. The lowest BCUT2D eigenvalue weighted by molar-refractivity contribution is -0.624. The van der Waals surface area contributed by atoms with Gasteiger partial charge in [-0.3, -0.25) is 19.1 Å². The van der Waals surface area contributed by atoms with E-state index in [4.69, 9.17) is 11.6 Å². The quantitative estimate of drug-likeness (QED) is 0.262. The Labute approximate surface area is 205 Å². The van der Waals surface area contributed by atoms with Gasteiger partial charge in [0.05, 0.1) is 12.7 Å². The van der Waals surface area contributed by atoms with Crippen LogP contribution in [0.2, 0.25) is 5.15 Å². The van der Waals surface area contributed by atoms with Crippen LogP contribution in [0.1, 0.15) is 19.0 Å². The molecule has 0 spiro atoms. The van der Waals surface area contributed by atoms with Crippen molar-refractivity contribution in [2.75, 3.05) is 45.6 Å². The molecular weight excluding hydrogens is 488 g/mol. The zero-order valence-electron chi connectivity index (χ0n) is 19.6. The first kappa shape index (κ1) is 27.9. The van der Waals surface area contributed by atoms with Gasteiger partial charge >= 0.3 is 12.0 Å². The Morgan fingerprint density at radius 3 is 2.66 bits per heavy atom. The van der Waals surface area contributed by atoms with Gasteiger partial charge in [-0.05, 0) is 40.1 Å². The van der Waals surface area contributed by atoms with Gasteiger partial charge in [0.2, 0.25) is 0 Å². The highest BCUT2D eigenvalue weighted by Crippen LogP contribution is 2.25. The Morgan fingerprint density at radius 1 is 1.31 bits per heavy atom. The first-order valence-electron chi connectivity index (χ1n) is 10.8. The van der Waals surface area contributed by atoms with Crippen molar-refractivity contribution in [1.82, 2.24) is 24.7 Å². The van der Waals surface area contributed by atoms with Crippen LogP contribution >= 0.6 is 11.6 Å². The zero-order valence-corrected chi connectivity index (χ0v) is 20.4. The van der Waals surface area contributed by atoms with E-state index in [9.17, 15) is 28.4 Å². The SMILES string of the molecule is CCN(C(=O)Cn1c(Cl)cnc(NCC(F)(F)c2cccc[n+]2[O-])c1=O)C(=O)NCCCN(C)C. The third kappa shape index (κ3) is 7.59. The number of urea groups is 1. The Balaban J connectivity index is 2.11. The second-order valence-corrected chi connectivity index (χ2v) is 8.20. The average Bonchev–Trinajstić information content (AvgIpc) is 2.79. The second-order valence-electron chi connectivity index (χ2n) is 7.82. The minimum absolute atomic E-state index is 0.0266. The van der Waals surface area contributed by atoms with Crippen molar-refractivity contribution in [3.05, 3.63) is 57.0 Å². The maximum Gasteiger partial charge on any atom is 0.347 e. The number of aromatic nitrogens is 3. The molecule has 3 amide bonds. The molecule has 0 fully saturated rings. The molecule has 2 aromatic heterocycles. The molecule has 2 rings (SSSR count). The first-order chi connectivity index (χ1) is 16.5. The molecule has 0 aliphatic rings. The van der Waals surface area contributed by atoms with Gasteiger partial charge in [-0.2, -0.15) is 13.5 Å². The molecule has 2 heterocycles. The van der Waals surface area contributed by atoms with Crippen LogP contribution in [0.15, 0.2) is 35.4 Å². The van der Waals surface area contributed by atoms with Crippen LogP contribution in [-0.2, 0) is 17.3 Å². The number of alkyl halides is 2. The highest BCUT2D eigenvalue weighted by molar-refractivity contribution is 6.29. The van der Waals surface area contributed by atoms with Crippen molar-refractivity contribution in [2.45, 2.75) is 25.8 Å².